The summed E-state index contributed by atoms with van der Waals surface area (Å²) in [5, 5.41) is 0.800. The van der Waals surface area contributed by atoms with E-state index < -0.39 is 0 Å². The highest BCUT2D eigenvalue weighted by Crippen LogP contribution is 2.19. The van der Waals surface area contributed by atoms with Gasteiger partial charge in [0, 0.05) is 11.1 Å². The van der Waals surface area contributed by atoms with Gasteiger partial charge < -0.3 is 5.73 Å². The van der Waals surface area contributed by atoms with E-state index in [0.717, 1.165) is 16.1 Å². The second kappa shape index (κ2) is 3.24. The second-order valence-corrected chi connectivity index (χ2v) is 3.20. The standard InChI is InChI=1S/C9H12ClN/c1-6-5-8(7(2)11)3-4-9(6)10/h3-5,7H,11H2,1-2H3. The predicted octanol–water partition coefficient (Wildman–Crippen LogP) is 2.67. The van der Waals surface area contributed by atoms with Crippen molar-refractivity contribution in [2.24, 2.45) is 5.73 Å². The summed E-state index contributed by atoms with van der Waals surface area (Å²) in [5.74, 6) is 0. The van der Waals surface area contributed by atoms with E-state index in [4.69, 9.17) is 17.3 Å². The van der Waals surface area contributed by atoms with E-state index >= 15 is 0 Å². The van der Waals surface area contributed by atoms with Crippen LogP contribution in [0.15, 0.2) is 18.2 Å². The van der Waals surface area contributed by atoms with Crippen LogP contribution in [0.1, 0.15) is 24.1 Å². The zero-order chi connectivity index (χ0) is 8.43. The molecule has 1 nitrogen and oxygen atoms in total. The molecule has 2 N–H and O–H groups in total. The first-order valence-electron chi connectivity index (χ1n) is 3.63. The summed E-state index contributed by atoms with van der Waals surface area (Å²) in [5.41, 5.74) is 7.91. The lowest BCUT2D eigenvalue weighted by Crippen LogP contribution is -2.04. The van der Waals surface area contributed by atoms with E-state index in [1.807, 2.05) is 32.0 Å². The molecule has 0 spiro atoms. The highest BCUT2D eigenvalue weighted by Gasteiger charge is 2.00. The third-order valence-corrected chi connectivity index (χ3v) is 2.13. The van der Waals surface area contributed by atoms with Gasteiger partial charge in [0.15, 0.2) is 0 Å². The third kappa shape index (κ3) is 1.95. The van der Waals surface area contributed by atoms with Gasteiger partial charge in [-0.2, -0.15) is 0 Å². The predicted molar refractivity (Wildman–Crippen MR) is 48.8 cm³/mol. The van der Waals surface area contributed by atoms with Crippen LogP contribution < -0.4 is 5.73 Å². The number of hydrogen-bond donors (Lipinski definition) is 1. The maximum Gasteiger partial charge on any atom is 0.0435 e. The van der Waals surface area contributed by atoms with E-state index in [1.54, 1.807) is 0 Å². The first-order valence-corrected chi connectivity index (χ1v) is 4.00. The Labute approximate surface area is 72.2 Å². The molecule has 2 heteroatoms. The largest absolute Gasteiger partial charge is 0.324 e. The SMILES string of the molecule is Cc1cc(C(C)N)ccc1Cl. The molecule has 1 unspecified atom stereocenters. The zero-order valence-corrected chi connectivity index (χ0v) is 7.52. The summed E-state index contributed by atoms with van der Waals surface area (Å²) in [7, 11) is 0. The molecule has 0 aliphatic heterocycles. The molecule has 60 valence electrons. The topological polar surface area (TPSA) is 26.0 Å². The van der Waals surface area contributed by atoms with Crippen molar-refractivity contribution < 1.29 is 0 Å². The Kier molecular flexibility index (Phi) is 2.53. The Bertz CT molecular complexity index is 256. The molecule has 0 fully saturated rings. The first kappa shape index (κ1) is 8.57. The summed E-state index contributed by atoms with van der Waals surface area (Å²) in [4.78, 5) is 0. The summed E-state index contributed by atoms with van der Waals surface area (Å²) < 4.78 is 0. The van der Waals surface area contributed by atoms with E-state index in [9.17, 15) is 0 Å². The van der Waals surface area contributed by atoms with Crippen LogP contribution in [0.2, 0.25) is 5.02 Å². The summed E-state index contributed by atoms with van der Waals surface area (Å²) in [6.45, 7) is 3.94. The van der Waals surface area contributed by atoms with Crippen LogP contribution in [-0.2, 0) is 0 Å². The lowest BCUT2D eigenvalue weighted by atomic mass is 10.1. The van der Waals surface area contributed by atoms with E-state index in [1.165, 1.54) is 0 Å². The van der Waals surface area contributed by atoms with E-state index in [0.29, 0.717) is 0 Å². The van der Waals surface area contributed by atoms with Gasteiger partial charge in [-0.15, -0.1) is 0 Å². The molecule has 0 aliphatic rings. The Morgan fingerprint density at radius 3 is 2.55 bits per heavy atom. The molecular weight excluding hydrogens is 158 g/mol. The van der Waals surface area contributed by atoms with Crippen molar-refractivity contribution >= 4 is 11.6 Å². The maximum atomic E-state index is 5.84. The van der Waals surface area contributed by atoms with Crippen molar-refractivity contribution in [1.29, 1.82) is 0 Å². The lowest BCUT2D eigenvalue weighted by Gasteiger charge is -2.06. The molecule has 11 heavy (non-hydrogen) atoms. The fraction of sp³-hybridized carbons (Fsp3) is 0.333. The van der Waals surface area contributed by atoms with Crippen LogP contribution >= 0.6 is 11.6 Å². The van der Waals surface area contributed by atoms with Crippen LogP contribution in [-0.4, -0.2) is 0 Å². The van der Waals surface area contributed by atoms with Crippen molar-refractivity contribution in [3.05, 3.63) is 34.3 Å². The Balaban J connectivity index is 3.05. The summed E-state index contributed by atoms with van der Waals surface area (Å²) in [6.07, 6.45) is 0. The number of nitrogens with two attached hydrogens (primary N) is 1. The van der Waals surface area contributed by atoms with E-state index in [-0.39, 0.29) is 6.04 Å². The normalized spacial score (nSPS) is 13.1. The van der Waals surface area contributed by atoms with Crippen LogP contribution in [0, 0.1) is 6.92 Å². The second-order valence-electron chi connectivity index (χ2n) is 2.80. The van der Waals surface area contributed by atoms with Gasteiger partial charge in [0.2, 0.25) is 0 Å². The number of halogens is 1. The fourth-order valence-electron chi connectivity index (χ4n) is 0.951. The van der Waals surface area contributed by atoms with Crippen molar-refractivity contribution in [2.45, 2.75) is 19.9 Å². The van der Waals surface area contributed by atoms with Crippen molar-refractivity contribution in [2.75, 3.05) is 0 Å². The van der Waals surface area contributed by atoms with Gasteiger partial charge in [0.1, 0.15) is 0 Å². The minimum absolute atomic E-state index is 0.0889. The van der Waals surface area contributed by atoms with Crippen molar-refractivity contribution in [3.8, 4) is 0 Å². The van der Waals surface area contributed by atoms with Gasteiger partial charge in [-0.1, -0.05) is 23.7 Å². The van der Waals surface area contributed by atoms with Gasteiger partial charge in [-0.05, 0) is 31.0 Å². The van der Waals surface area contributed by atoms with Crippen molar-refractivity contribution in [3.63, 3.8) is 0 Å². The zero-order valence-electron chi connectivity index (χ0n) is 6.76. The highest BCUT2D eigenvalue weighted by molar-refractivity contribution is 6.31. The maximum absolute atomic E-state index is 5.84. The summed E-state index contributed by atoms with van der Waals surface area (Å²) >= 11 is 5.84. The molecule has 0 saturated heterocycles. The number of hydrogen-bond acceptors (Lipinski definition) is 1. The monoisotopic (exact) mass is 169 g/mol. The molecule has 0 saturated carbocycles. The van der Waals surface area contributed by atoms with Gasteiger partial charge in [-0.3, -0.25) is 0 Å². The quantitative estimate of drug-likeness (QED) is 0.688. The van der Waals surface area contributed by atoms with Crippen LogP contribution in [0.5, 0.6) is 0 Å². The molecule has 1 aromatic rings. The minimum Gasteiger partial charge on any atom is -0.324 e. The highest BCUT2D eigenvalue weighted by atomic mass is 35.5. The van der Waals surface area contributed by atoms with E-state index in [2.05, 4.69) is 0 Å². The van der Waals surface area contributed by atoms with Crippen LogP contribution in [0.4, 0.5) is 0 Å². The summed E-state index contributed by atoms with van der Waals surface area (Å²) in [6, 6.07) is 5.95. The molecule has 1 atom stereocenters. The van der Waals surface area contributed by atoms with Crippen LogP contribution in [0.3, 0.4) is 0 Å². The average Bonchev–Trinajstić information content (AvgIpc) is 1.94. The Morgan fingerprint density at radius 2 is 2.09 bits per heavy atom. The smallest absolute Gasteiger partial charge is 0.0435 e. The average molecular weight is 170 g/mol. The first-order chi connectivity index (χ1) is 5.11. The third-order valence-electron chi connectivity index (χ3n) is 1.71. The molecule has 0 radical (unpaired) electrons. The van der Waals surface area contributed by atoms with Gasteiger partial charge in [0.25, 0.3) is 0 Å². The molecule has 0 heterocycles. The Morgan fingerprint density at radius 1 is 1.45 bits per heavy atom. The molecular formula is C9H12ClN. The molecule has 0 bridgehead atoms. The fourth-order valence-corrected chi connectivity index (χ4v) is 1.07. The van der Waals surface area contributed by atoms with Crippen LogP contribution in [0.25, 0.3) is 0 Å². The molecule has 0 amide bonds. The molecule has 0 aromatic heterocycles. The van der Waals surface area contributed by atoms with Gasteiger partial charge in [-0.25, -0.2) is 0 Å². The van der Waals surface area contributed by atoms with Gasteiger partial charge in [0.05, 0.1) is 0 Å². The lowest BCUT2D eigenvalue weighted by molar-refractivity contribution is 0.817. The van der Waals surface area contributed by atoms with Gasteiger partial charge >= 0.3 is 0 Å². The molecule has 1 aromatic carbocycles. The number of aryl methyl sites for hydroxylation is 1. The number of rotatable bonds is 1. The molecule has 1 rings (SSSR count). The molecule has 0 aliphatic carbocycles. The van der Waals surface area contributed by atoms with Crippen molar-refractivity contribution in [1.82, 2.24) is 0 Å². The Hall–Kier alpha value is -0.530. The minimum atomic E-state index is 0.0889. The number of benzene rings is 1.